The molecule has 0 radical (unpaired) electrons. The summed E-state index contributed by atoms with van der Waals surface area (Å²) in [5.41, 5.74) is 3.81. The van der Waals surface area contributed by atoms with Crippen molar-refractivity contribution in [2.24, 2.45) is 5.73 Å². The molecule has 1 fully saturated rings. The lowest BCUT2D eigenvalue weighted by Gasteiger charge is -2.19. The summed E-state index contributed by atoms with van der Waals surface area (Å²) in [6.07, 6.45) is 1.15. The van der Waals surface area contributed by atoms with Crippen LogP contribution >= 0.6 is 11.3 Å². The maximum atomic E-state index is 12.7. The number of anilines is 1. The molecule has 1 saturated heterocycles. The number of halogens is 3. The smallest absolute Gasteiger partial charge is 0.430 e. The SMILES string of the molecule is CNc1ncc(CN2CC(Oc3nccnc3/C=C(\N)C(F)(F)F)CC2C)s1. The van der Waals surface area contributed by atoms with E-state index in [0.717, 1.165) is 29.1 Å². The number of thiazole rings is 1. The van der Waals surface area contributed by atoms with Crippen LogP contribution in [0, 0.1) is 0 Å². The number of aromatic nitrogens is 3. The molecule has 0 amide bonds. The van der Waals surface area contributed by atoms with Gasteiger partial charge in [-0.15, -0.1) is 11.3 Å². The van der Waals surface area contributed by atoms with Crippen LogP contribution in [-0.2, 0) is 6.54 Å². The van der Waals surface area contributed by atoms with Gasteiger partial charge in [-0.05, 0) is 13.0 Å². The monoisotopic (exact) mass is 414 g/mol. The van der Waals surface area contributed by atoms with Crippen molar-refractivity contribution in [1.29, 1.82) is 0 Å². The van der Waals surface area contributed by atoms with Crippen molar-refractivity contribution < 1.29 is 17.9 Å². The fraction of sp³-hybridized carbons (Fsp3) is 0.471. The second-order valence-electron chi connectivity index (χ2n) is 6.48. The van der Waals surface area contributed by atoms with Crippen LogP contribution in [0.3, 0.4) is 0 Å². The van der Waals surface area contributed by atoms with E-state index >= 15 is 0 Å². The standard InChI is InChI=1S/C17H21F3N6OS/c1-10-5-11(8-26(10)9-12-7-25-16(22-2)28-12)27-15-13(23-3-4-24-15)6-14(21)17(18,19)20/h3-4,6-7,10-11H,5,8-9,21H2,1-2H3,(H,22,25)/b14-6-. The van der Waals surface area contributed by atoms with E-state index < -0.39 is 11.9 Å². The number of alkyl halides is 3. The molecule has 3 heterocycles. The molecule has 2 atom stereocenters. The summed E-state index contributed by atoms with van der Waals surface area (Å²) >= 11 is 1.58. The first-order chi connectivity index (χ1) is 13.3. The molecule has 0 bridgehead atoms. The minimum Gasteiger partial charge on any atom is -0.471 e. The third kappa shape index (κ3) is 4.90. The van der Waals surface area contributed by atoms with Crippen LogP contribution < -0.4 is 15.8 Å². The summed E-state index contributed by atoms with van der Waals surface area (Å²) in [5.74, 6) is 0.0454. The molecule has 1 aliphatic heterocycles. The van der Waals surface area contributed by atoms with Gasteiger partial charge in [-0.3, -0.25) is 4.90 Å². The van der Waals surface area contributed by atoms with E-state index in [1.807, 2.05) is 13.2 Å². The van der Waals surface area contributed by atoms with Crippen molar-refractivity contribution >= 4 is 22.5 Å². The van der Waals surface area contributed by atoms with Gasteiger partial charge in [0.2, 0.25) is 5.88 Å². The van der Waals surface area contributed by atoms with Gasteiger partial charge in [0, 0.05) is 56.1 Å². The summed E-state index contributed by atoms with van der Waals surface area (Å²) in [4.78, 5) is 15.6. The van der Waals surface area contributed by atoms with Crippen molar-refractivity contribution in [3.63, 3.8) is 0 Å². The van der Waals surface area contributed by atoms with Crippen LogP contribution in [0.1, 0.15) is 23.9 Å². The third-order valence-corrected chi connectivity index (χ3v) is 5.38. The van der Waals surface area contributed by atoms with E-state index in [2.05, 4.69) is 32.1 Å². The zero-order valence-electron chi connectivity index (χ0n) is 15.4. The molecule has 0 aliphatic carbocycles. The topological polar surface area (TPSA) is 89.2 Å². The zero-order chi connectivity index (χ0) is 20.3. The molecule has 152 valence electrons. The van der Waals surface area contributed by atoms with Crippen molar-refractivity contribution in [3.8, 4) is 5.88 Å². The molecule has 2 unspecified atom stereocenters. The van der Waals surface area contributed by atoms with E-state index in [1.165, 1.54) is 12.4 Å². The quantitative estimate of drug-likeness (QED) is 0.751. The molecule has 28 heavy (non-hydrogen) atoms. The number of likely N-dealkylation sites (tertiary alicyclic amines) is 1. The molecule has 0 saturated carbocycles. The van der Waals surface area contributed by atoms with Crippen LogP contribution in [0.5, 0.6) is 5.88 Å². The fourth-order valence-corrected chi connectivity index (χ4v) is 3.75. The second-order valence-corrected chi connectivity index (χ2v) is 7.60. The second kappa shape index (κ2) is 8.31. The highest BCUT2D eigenvalue weighted by atomic mass is 32.1. The van der Waals surface area contributed by atoms with Crippen molar-refractivity contribution in [1.82, 2.24) is 19.9 Å². The Balaban J connectivity index is 1.68. The Morgan fingerprint density at radius 3 is 2.82 bits per heavy atom. The largest absolute Gasteiger partial charge is 0.471 e. The molecule has 2 aromatic heterocycles. The van der Waals surface area contributed by atoms with Gasteiger partial charge in [-0.1, -0.05) is 0 Å². The van der Waals surface area contributed by atoms with E-state index in [4.69, 9.17) is 10.5 Å². The van der Waals surface area contributed by atoms with Gasteiger partial charge in [-0.25, -0.2) is 15.0 Å². The maximum absolute atomic E-state index is 12.7. The van der Waals surface area contributed by atoms with Gasteiger partial charge in [0.15, 0.2) is 5.13 Å². The van der Waals surface area contributed by atoms with Crippen LogP contribution in [-0.4, -0.2) is 51.8 Å². The summed E-state index contributed by atoms with van der Waals surface area (Å²) < 4.78 is 44.0. The van der Waals surface area contributed by atoms with Crippen LogP contribution in [0.2, 0.25) is 0 Å². The molecule has 3 N–H and O–H groups in total. The average molecular weight is 414 g/mol. The third-order valence-electron chi connectivity index (χ3n) is 4.38. The minimum absolute atomic E-state index is 0.0375. The predicted molar refractivity (Wildman–Crippen MR) is 101 cm³/mol. The van der Waals surface area contributed by atoms with Crippen LogP contribution in [0.25, 0.3) is 6.08 Å². The molecular formula is C17H21F3N6OS. The Kier molecular flexibility index (Phi) is 6.04. The van der Waals surface area contributed by atoms with Gasteiger partial charge in [0.1, 0.15) is 17.5 Å². The number of hydrogen-bond acceptors (Lipinski definition) is 8. The lowest BCUT2D eigenvalue weighted by atomic mass is 10.2. The molecule has 3 rings (SSSR count). The number of hydrogen-bond donors (Lipinski definition) is 2. The number of rotatable bonds is 6. The normalized spacial score (nSPS) is 21.1. The molecular weight excluding hydrogens is 393 g/mol. The summed E-state index contributed by atoms with van der Waals surface area (Å²) in [7, 11) is 1.82. The summed E-state index contributed by atoms with van der Waals surface area (Å²) in [6, 6.07) is 0.251. The molecule has 1 aliphatic rings. The summed E-state index contributed by atoms with van der Waals surface area (Å²) in [5, 5.41) is 3.86. The van der Waals surface area contributed by atoms with Gasteiger partial charge in [0.25, 0.3) is 0 Å². The highest BCUT2D eigenvalue weighted by Gasteiger charge is 2.33. The Hall–Kier alpha value is -2.40. The van der Waals surface area contributed by atoms with Crippen molar-refractivity contribution in [2.45, 2.75) is 38.2 Å². The molecule has 11 heteroatoms. The highest BCUT2D eigenvalue weighted by molar-refractivity contribution is 7.15. The maximum Gasteiger partial charge on any atom is 0.430 e. The zero-order valence-corrected chi connectivity index (χ0v) is 16.2. The molecule has 2 aromatic rings. The lowest BCUT2D eigenvalue weighted by molar-refractivity contribution is -0.0916. The van der Waals surface area contributed by atoms with E-state index in [0.29, 0.717) is 6.54 Å². The van der Waals surface area contributed by atoms with Gasteiger partial charge in [-0.2, -0.15) is 13.2 Å². The number of allylic oxidation sites excluding steroid dienone is 1. The fourth-order valence-electron chi connectivity index (χ4n) is 2.96. The van der Waals surface area contributed by atoms with Crippen LogP contribution in [0.15, 0.2) is 24.3 Å². The van der Waals surface area contributed by atoms with Crippen molar-refractivity contribution in [2.75, 3.05) is 18.9 Å². The molecule has 7 nitrogen and oxygen atoms in total. The highest BCUT2D eigenvalue weighted by Crippen LogP contribution is 2.29. The molecule has 0 aromatic carbocycles. The number of nitrogens with one attached hydrogen (secondary N) is 1. The lowest BCUT2D eigenvalue weighted by Crippen LogP contribution is -2.28. The first kappa shape index (κ1) is 20.3. The van der Waals surface area contributed by atoms with E-state index in [-0.39, 0.29) is 23.7 Å². The Morgan fingerprint density at radius 2 is 2.14 bits per heavy atom. The number of nitrogens with zero attached hydrogens (tertiary/aromatic N) is 4. The first-order valence-electron chi connectivity index (χ1n) is 8.64. The van der Waals surface area contributed by atoms with Gasteiger partial charge in [0.05, 0.1) is 0 Å². The van der Waals surface area contributed by atoms with Gasteiger partial charge < -0.3 is 15.8 Å². The van der Waals surface area contributed by atoms with E-state index in [1.54, 1.807) is 11.3 Å². The Bertz CT molecular complexity index is 840. The average Bonchev–Trinajstić information content (AvgIpc) is 3.22. The number of ether oxygens (including phenoxy) is 1. The van der Waals surface area contributed by atoms with Crippen LogP contribution in [0.4, 0.5) is 18.3 Å². The van der Waals surface area contributed by atoms with Crippen molar-refractivity contribution in [3.05, 3.63) is 34.9 Å². The Labute approximate surface area is 164 Å². The molecule has 0 spiro atoms. The number of nitrogens with two attached hydrogens (primary N) is 1. The Morgan fingerprint density at radius 1 is 1.39 bits per heavy atom. The predicted octanol–water partition coefficient (Wildman–Crippen LogP) is 2.88. The van der Waals surface area contributed by atoms with Gasteiger partial charge >= 0.3 is 6.18 Å². The van der Waals surface area contributed by atoms with E-state index in [9.17, 15) is 13.2 Å². The minimum atomic E-state index is -4.63. The first-order valence-corrected chi connectivity index (χ1v) is 9.46. The summed E-state index contributed by atoms with van der Waals surface area (Å²) in [6.45, 7) is 3.44.